The molecule has 0 aliphatic heterocycles. The van der Waals surface area contributed by atoms with Crippen LogP contribution in [0.1, 0.15) is 27.0 Å². The molecule has 0 aliphatic rings. The van der Waals surface area contributed by atoms with E-state index in [0.29, 0.717) is 11.1 Å². The lowest BCUT2D eigenvalue weighted by Crippen LogP contribution is -2.15. The molecule has 0 atom stereocenters. The van der Waals surface area contributed by atoms with Crippen LogP contribution in [0.15, 0.2) is 47.9 Å². The van der Waals surface area contributed by atoms with Gasteiger partial charge in [0.1, 0.15) is 0 Å². The van der Waals surface area contributed by atoms with Crippen molar-refractivity contribution in [2.75, 3.05) is 0 Å². The topological polar surface area (TPSA) is 77.6 Å². The molecule has 0 unspecified atom stereocenters. The maximum Gasteiger partial charge on any atom is 0.365 e. The van der Waals surface area contributed by atoms with Gasteiger partial charge in [0.15, 0.2) is 5.84 Å². The van der Waals surface area contributed by atoms with Crippen LogP contribution in [-0.2, 0) is 4.84 Å². The number of oxime groups is 1. The Morgan fingerprint density at radius 1 is 1.10 bits per heavy atom. The number of nitrogens with zero attached hydrogens (tertiary/aromatic N) is 2. The fourth-order valence-corrected chi connectivity index (χ4v) is 1.81. The molecule has 20 heavy (non-hydrogen) atoms. The first-order valence-electron chi connectivity index (χ1n) is 6.10. The third-order valence-corrected chi connectivity index (χ3v) is 2.66. The van der Waals surface area contributed by atoms with Gasteiger partial charge in [-0.05, 0) is 38.1 Å². The lowest BCUT2D eigenvalue weighted by atomic mass is 10.1. The van der Waals surface area contributed by atoms with Crippen molar-refractivity contribution in [1.82, 2.24) is 4.98 Å². The Kier molecular flexibility index (Phi) is 4.10. The number of aryl methyl sites for hydroxylation is 2. The highest BCUT2D eigenvalue weighted by Gasteiger charge is 2.09. The average molecular weight is 269 g/mol. The number of aromatic nitrogens is 1. The molecule has 0 saturated carbocycles. The quantitative estimate of drug-likeness (QED) is 0.401. The maximum absolute atomic E-state index is 11.9. The highest BCUT2D eigenvalue weighted by molar-refractivity contribution is 5.98. The van der Waals surface area contributed by atoms with Gasteiger partial charge in [0.05, 0.1) is 5.56 Å². The summed E-state index contributed by atoms with van der Waals surface area (Å²) in [6, 6.07) is 8.83. The van der Waals surface area contributed by atoms with E-state index in [1.807, 2.05) is 19.9 Å². The molecule has 0 bridgehead atoms. The second-order valence-corrected chi connectivity index (χ2v) is 4.47. The third kappa shape index (κ3) is 3.41. The zero-order chi connectivity index (χ0) is 14.5. The molecule has 0 fully saturated rings. The second-order valence-electron chi connectivity index (χ2n) is 4.47. The third-order valence-electron chi connectivity index (χ3n) is 2.66. The Morgan fingerprint density at radius 2 is 1.70 bits per heavy atom. The SMILES string of the molecule is Cc1cc(C)cc(C(=O)O/N=C(\N)c2ccncc2)c1. The van der Waals surface area contributed by atoms with Crippen LogP contribution < -0.4 is 5.73 Å². The fraction of sp³-hybridized carbons (Fsp3) is 0.133. The number of carbonyl (C=O) groups excluding carboxylic acids is 1. The smallest absolute Gasteiger partial charge is 0.365 e. The van der Waals surface area contributed by atoms with E-state index >= 15 is 0 Å². The molecule has 2 aromatic rings. The molecular formula is C15H15N3O2. The van der Waals surface area contributed by atoms with Gasteiger partial charge in [0.25, 0.3) is 0 Å². The fourth-order valence-electron chi connectivity index (χ4n) is 1.81. The Balaban J connectivity index is 2.12. The molecular weight excluding hydrogens is 254 g/mol. The highest BCUT2D eigenvalue weighted by Crippen LogP contribution is 2.10. The van der Waals surface area contributed by atoms with Crippen LogP contribution in [0.4, 0.5) is 0 Å². The number of pyridine rings is 1. The van der Waals surface area contributed by atoms with E-state index in [1.165, 1.54) is 0 Å². The van der Waals surface area contributed by atoms with Crippen molar-refractivity contribution in [2.24, 2.45) is 10.9 Å². The molecule has 0 amide bonds. The summed E-state index contributed by atoms with van der Waals surface area (Å²) in [7, 11) is 0. The Morgan fingerprint density at radius 3 is 2.30 bits per heavy atom. The average Bonchev–Trinajstić information content (AvgIpc) is 2.44. The molecule has 0 saturated heterocycles. The number of rotatable bonds is 3. The number of hydrogen-bond acceptors (Lipinski definition) is 4. The van der Waals surface area contributed by atoms with E-state index in [4.69, 9.17) is 10.6 Å². The maximum atomic E-state index is 11.9. The molecule has 5 heteroatoms. The summed E-state index contributed by atoms with van der Waals surface area (Å²) >= 11 is 0. The number of amidine groups is 1. The standard InChI is InChI=1S/C15H15N3O2/c1-10-7-11(2)9-13(8-10)15(19)20-18-14(16)12-3-5-17-6-4-12/h3-9H,1-2H3,(H2,16,18). The second kappa shape index (κ2) is 5.97. The zero-order valence-electron chi connectivity index (χ0n) is 11.3. The first kappa shape index (κ1) is 13.7. The largest absolute Gasteiger partial charge is 0.380 e. The summed E-state index contributed by atoms with van der Waals surface area (Å²) in [4.78, 5) is 20.6. The molecule has 1 heterocycles. The van der Waals surface area contributed by atoms with Crippen molar-refractivity contribution in [3.8, 4) is 0 Å². The van der Waals surface area contributed by atoms with Gasteiger partial charge >= 0.3 is 5.97 Å². The summed E-state index contributed by atoms with van der Waals surface area (Å²) in [6.45, 7) is 3.83. The number of carbonyl (C=O) groups is 1. The predicted molar refractivity (Wildman–Crippen MR) is 76.3 cm³/mol. The van der Waals surface area contributed by atoms with Gasteiger partial charge in [-0.3, -0.25) is 4.98 Å². The number of benzene rings is 1. The summed E-state index contributed by atoms with van der Waals surface area (Å²) < 4.78 is 0. The predicted octanol–water partition coefficient (Wildman–Crippen LogP) is 2.18. The van der Waals surface area contributed by atoms with Crippen LogP contribution in [0.5, 0.6) is 0 Å². The van der Waals surface area contributed by atoms with Gasteiger partial charge in [0.2, 0.25) is 0 Å². The van der Waals surface area contributed by atoms with Crippen LogP contribution in [-0.4, -0.2) is 16.8 Å². The van der Waals surface area contributed by atoms with Crippen molar-refractivity contribution in [3.05, 3.63) is 65.0 Å². The van der Waals surface area contributed by atoms with Gasteiger partial charge in [-0.25, -0.2) is 4.79 Å². The summed E-state index contributed by atoms with van der Waals surface area (Å²) in [5.74, 6) is -0.404. The molecule has 102 valence electrons. The molecule has 0 spiro atoms. The van der Waals surface area contributed by atoms with E-state index < -0.39 is 5.97 Å². The van der Waals surface area contributed by atoms with Crippen LogP contribution in [0.3, 0.4) is 0 Å². The van der Waals surface area contributed by atoms with Gasteiger partial charge in [-0.15, -0.1) is 0 Å². The zero-order valence-corrected chi connectivity index (χ0v) is 11.3. The lowest BCUT2D eigenvalue weighted by molar-refractivity contribution is 0.0516. The van der Waals surface area contributed by atoms with Crippen molar-refractivity contribution in [1.29, 1.82) is 0 Å². The highest BCUT2D eigenvalue weighted by atomic mass is 16.7. The van der Waals surface area contributed by atoms with Gasteiger partial charge < -0.3 is 10.6 Å². The molecule has 1 aromatic heterocycles. The molecule has 2 N–H and O–H groups in total. The Labute approximate surface area is 117 Å². The van der Waals surface area contributed by atoms with Gasteiger partial charge in [-0.2, -0.15) is 0 Å². The minimum absolute atomic E-state index is 0.130. The van der Waals surface area contributed by atoms with Crippen LogP contribution >= 0.6 is 0 Å². The first-order chi connectivity index (χ1) is 9.56. The summed E-state index contributed by atoms with van der Waals surface area (Å²) in [5.41, 5.74) is 8.80. The molecule has 2 rings (SSSR count). The number of hydrogen-bond donors (Lipinski definition) is 1. The summed E-state index contributed by atoms with van der Waals surface area (Å²) in [5, 5.41) is 3.65. The minimum Gasteiger partial charge on any atom is -0.380 e. The van der Waals surface area contributed by atoms with Crippen LogP contribution in [0.2, 0.25) is 0 Å². The minimum atomic E-state index is -0.534. The van der Waals surface area contributed by atoms with Crippen molar-refractivity contribution in [3.63, 3.8) is 0 Å². The van der Waals surface area contributed by atoms with Crippen LogP contribution in [0.25, 0.3) is 0 Å². The van der Waals surface area contributed by atoms with E-state index in [-0.39, 0.29) is 5.84 Å². The Bertz CT molecular complexity index is 631. The van der Waals surface area contributed by atoms with E-state index in [2.05, 4.69) is 10.1 Å². The molecule has 0 radical (unpaired) electrons. The lowest BCUT2D eigenvalue weighted by Gasteiger charge is -2.03. The van der Waals surface area contributed by atoms with Gasteiger partial charge in [0, 0.05) is 18.0 Å². The van der Waals surface area contributed by atoms with Crippen molar-refractivity contribution >= 4 is 11.8 Å². The molecule has 5 nitrogen and oxygen atoms in total. The van der Waals surface area contributed by atoms with E-state index in [9.17, 15) is 4.79 Å². The first-order valence-corrected chi connectivity index (χ1v) is 6.10. The van der Waals surface area contributed by atoms with Gasteiger partial charge in [-0.1, -0.05) is 22.3 Å². The van der Waals surface area contributed by atoms with Crippen molar-refractivity contribution in [2.45, 2.75) is 13.8 Å². The monoisotopic (exact) mass is 269 g/mol. The summed E-state index contributed by atoms with van der Waals surface area (Å²) in [6.07, 6.45) is 3.17. The van der Waals surface area contributed by atoms with E-state index in [1.54, 1.807) is 36.7 Å². The molecule has 0 aliphatic carbocycles. The number of nitrogens with two attached hydrogens (primary N) is 1. The normalized spacial score (nSPS) is 11.2. The Hall–Kier alpha value is -2.69. The van der Waals surface area contributed by atoms with E-state index in [0.717, 1.165) is 11.1 Å². The molecule has 1 aromatic carbocycles. The van der Waals surface area contributed by atoms with Crippen LogP contribution in [0, 0.1) is 13.8 Å². The van der Waals surface area contributed by atoms with Crippen molar-refractivity contribution < 1.29 is 9.63 Å².